The van der Waals surface area contributed by atoms with Crippen LogP contribution in [0.15, 0.2) is 70.3 Å². The van der Waals surface area contributed by atoms with Gasteiger partial charge in [-0.15, -0.1) is 0 Å². The zero-order valence-corrected chi connectivity index (χ0v) is 20.2. The molecule has 0 aliphatic carbocycles. The Hall–Kier alpha value is -3.77. The van der Waals surface area contributed by atoms with E-state index in [2.05, 4.69) is 28.3 Å². The quantitative estimate of drug-likeness (QED) is 0.325. The lowest BCUT2D eigenvalue weighted by Crippen LogP contribution is -2.12. The Morgan fingerprint density at radius 3 is 2.71 bits per heavy atom. The molecule has 4 aromatic rings. The summed E-state index contributed by atoms with van der Waals surface area (Å²) in [6.45, 7) is 9.86. The second-order valence-corrected chi connectivity index (χ2v) is 9.10. The Morgan fingerprint density at radius 1 is 1.18 bits per heavy atom. The van der Waals surface area contributed by atoms with Gasteiger partial charge in [-0.3, -0.25) is 4.79 Å². The highest BCUT2D eigenvalue weighted by molar-refractivity contribution is 6.29. The van der Waals surface area contributed by atoms with Gasteiger partial charge in [-0.25, -0.2) is 4.98 Å². The maximum atomic E-state index is 13.4. The minimum atomic E-state index is -0.136. The number of anilines is 3. The SMILES string of the molecule is C=C1Nc2cc(-c3oc4c(C(C)Nc5ccc(Cl)nc5)cc(C)cc4c(=O)c3C)ccc2N1C. The maximum Gasteiger partial charge on any atom is 0.196 e. The number of benzene rings is 2. The highest BCUT2D eigenvalue weighted by atomic mass is 35.5. The van der Waals surface area contributed by atoms with Crippen LogP contribution >= 0.6 is 11.6 Å². The van der Waals surface area contributed by atoms with Crippen LogP contribution in [0.5, 0.6) is 0 Å². The average Bonchev–Trinajstić information content (AvgIpc) is 3.10. The number of aryl methyl sites for hydroxylation is 1. The lowest BCUT2D eigenvalue weighted by molar-refractivity contribution is 0.605. The summed E-state index contributed by atoms with van der Waals surface area (Å²) in [5, 5.41) is 7.73. The van der Waals surface area contributed by atoms with E-state index in [1.807, 2.05) is 63.1 Å². The monoisotopic (exact) mass is 472 g/mol. The average molecular weight is 473 g/mol. The Bertz CT molecular complexity index is 1510. The molecule has 7 heteroatoms. The van der Waals surface area contributed by atoms with Crippen molar-refractivity contribution in [3.8, 4) is 11.3 Å². The predicted octanol–water partition coefficient (Wildman–Crippen LogP) is 6.63. The number of hydrogen-bond acceptors (Lipinski definition) is 6. The molecule has 1 atom stereocenters. The standard InChI is InChI=1S/C27H25ClN4O2/c1-14-10-20(16(3)30-19-7-9-24(28)29-13-19)27-21(11-14)25(33)15(2)26(34-27)18-6-8-23-22(12-18)31-17(4)32(23)5/h6-13,16,30-31H,4H2,1-3,5H3. The number of aromatic nitrogens is 1. The summed E-state index contributed by atoms with van der Waals surface area (Å²) in [7, 11) is 1.96. The molecule has 34 heavy (non-hydrogen) atoms. The van der Waals surface area contributed by atoms with Gasteiger partial charge in [0.15, 0.2) is 5.43 Å². The molecular weight excluding hydrogens is 448 g/mol. The molecule has 2 aromatic carbocycles. The summed E-state index contributed by atoms with van der Waals surface area (Å²) in [4.78, 5) is 19.6. The second-order valence-electron chi connectivity index (χ2n) is 8.71. The topological polar surface area (TPSA) is 70.4 Å². The molecule has 2 N–H and O–H groups in total. The highest BCUT2D eigenvalue weighted by Gasteiger charge is 2.22. The first-order chi connectivity index (χ1) is 16.2. The Morgan fingerprint density at radius 2 is 1.97 bits per heavy atom. The number of pyridine rings is 1. The van der Waals surface area contributed by atoms with Crippen LogP contribution in [0, 0.1) is 13.8 Å². The van der Waals surface area contributed by atoms with Gasteiger partial charge in [0.2, 0.25) is 0 Å². The van der Waals surface area contributed by atoms with Crippen molar-refractivity contribution < 1.29 is 4.42 Å². The molecule has 0 spiro atoms. The Kier molecular flexibility index (Phi) is 5.33. The van der Waals surface area contributed by atoms with E-state index in [1.165, 1.54) is 0 Å². The summed E-state index contributed by atoms with van der Waals surface area (Å²) in [5.74, 6) is 1.37. The van der Waals surface area contributed by atoms with Gasteiger partial charge in [0.05, 0.1) is 34.7 Å². The fourth-order valence-electron chi connectivity index (χ4n) is 4.41. The van der Waals surface area contributed by atoms with Gasteiger partial charge in [-0.05, 0) is 62.7 Å². The van der Waals surface area contributed by atoms with Crippen LogP contribution in [0.4, 0.5) is 17.1 Å². The summed E-state index contributed by atoms with van der Waals surface area (Å²) >= 11 is 5.92. The minimum absolute atomic E-state index is 0.0310. The number of fused-ring (bicyclic) bond motifs is 2. The van der Waals surface area contributed by atoms with Crippen LogP contribution in [0.1, 0.15) is 29.7 Å². The van der Waals surface area contributed by atoms with E-state index in [-0.39, 0.29) is 11.5 Å². The van der Waals surface area contributed by atoms with Crippen LogP contribution in [-0.4, -0.2) is 12.0 Å². The van der Waals surface area contributed by atoms with Crippen molar-refractivity contribution in [2.45, 2.75) is 26.8 Å². The summed E-state index contributed by atoms with van der Waals surface area (Å²) < 4.78 is 6.50. The fourth-order valence-corrected chi connectivity index (χ4v) is 4.52. The van der Waals surface area contributed by atoms with E-state index < -0.39 is 0 Å². The van der Waals surface area contributed by atoms with Gasteiger partial charge in [-0.1, -0.05) is 24.2 Å². The molecule has 2 aromatic heterocycles. The molecule has 1 aliphatic heterocycles. The van der Waals surface area contributed by atoms with Gasteiger partial charge in [0.1, 0.15) is 22.3 Å². The van der Waals surface area contributed by atoms with E-state index in [0.29, 0.717) is 27.4 Å². The molecule has 5 rings (SSSR count). The number of nitrogens with zero attached hydrogens (tertiary/aromatic N) is 2. The van der Waals surface area contributed by atoms with Crippen LogP contribution in [0.3, 0.4) is 0 Å². The predicted molar refractivity (Wildman–Crippen MR) is 140 cm³/mol. The van der Waals surface area contributed by atoms with Crippen molar-refractivity contribution in [1.82, 2.24) is 4.98 Å². The van der Waals surface area contributed by atoms with Crippen molar-refractivity contribution >= 4 is 39.6 Å². The molecular formula is C27H25ClN4O2. The molecule has 1 aliphatic rings. The third-order valence-electron chi connectivity index (χ3n) is 6.27. The second kappa shape index (κ2) is 8.22. The zero-order valence-electron chi connectivity index (χ0n) is 19.5. The van der Waals surface area contributed by atoms with Crippen LogP contribution < -0.4 is 21.0 Å². The van der Waals surface area contributed by atoms with Crippen LogP contribution in [0.2, 0.25) is 5.15 Å². The molecule has 0 saturated heterocycles. The molecule has 6 nitrogen and oxygen atoms in total. The first-order valence-corrected chi connectivity index (χ1v) is 11.4. The van der Waals surface area contributed by atoms with Crippen molar-refractivity contribution in [1.29, 1.82) is 0 Å². The third-order valence-corrected chi connectivity index (χ3v) is 6.50. The molecule has 0 radical (unpaired) electrons. The van der Waals surface area contributed by atoms with Gasteiger partial charge >= 0.3 is 0 Å². The molecule has 1 unspecified atom stereocenters. The summed E-state index contributed by atoms with van der Waals surface area (Å²) in [6.07, 6.45) is 1.69. The van der Waals surface area contributed by atoms with Crippen LogP contribution in [0.25, 0.3) is 22.3 Å². The fraction of sp³-hybridized carbons (Fsp3) is 0.185. The molecule has 3 heterocycles. The molecule has 0 fully saturated rings. The lowest BCUT2D eigenvalue weighted by Gasteiger charge is -2.19. The van der Waals surface area contributed by atoms with Crippen molar-refractivity contribution in [2.24, 2.45) is 0 Å². The van der Waals surface area contributed by atoms with Crippen molar-refractivity contribution in [2.75, 3.05) is 22.6 Å². The molecule has 0 saturated carbocycles. The summed E-state index contributed by atoms with van der Waals surface area (Å²) in [6, 6.07) is 13.4. The van der Waals surface area contributed by atoms with E-state index >= 15 is 0 Å². The van der Waals surface area contributed by atoms with E-state index in [9.17, 15) is 4.79 Å². The first kappa shape index (κ1) is 22.0. The molecule has 0 amide bonds. The first-order valence-electron chi connectivity index (χ1n) is 11.0. The van der Waals surface area contributed by atoms with Crippen LogP contribution in [-0.2, 0) is 0 Å². The van der Waals surface area contributed by atoms with E-state index in [1.54, 1.807) is 12.3 Å². The number of rotatable bonds is 4. The van der Waals surface area contributed by atoms with E-state index in [4.69, 9.17) is 16.0 Å². The maximum absolute atomic E-state index is 13.4. The molecule has 172 valence electrons. The highest BCUT2D eigenvalue weighted by Crippen LogP contribution is 2.39. The van der Waals surface area contributed by atoms with Gasteiger partial charge in [0, 0.05) is 23.7 Å². The lowest BCUT2D eigenvalue weighted by atomic mass is 9.98. The number of nitrogens with one attached hydrogen (secondary N) is 2. The van der Waals surface area contributed by atoms with Gasteiger partial charge in [0.25, 0.3) is 0 Å². The summed E-state index contributed by atoms with van der Waals surface area (Å²) in [5.41, 5.74) is 6.64. The largest absolute Gasteiger partial charge is 0.455 e. The number of hydrogen-bond donors (Lipinski definition) is 2. The number of halogens is 1. The smallest absolute Gasteiger partial charge is 0.196 e. The minimum Gasteiger partial charge on any atom is -0.455 e. The molecule has 0 bridgehead atoms. The van der Waals surface area contributed by atoms with Crippen molar-refractivity contribution in [3.05, 3.63) is 93.1 Å². The Balaban J connectivity index is 1.64. The van der Waals surface area contributed by atoms with E-state index in [0.717, 1.165) is 39.6 Å². The third kappa shape index (κ3) is 3.70. The normalized spacial score (nSPS) is 13.7. The zero-order chi connectivity index (χ0) is 24.1. The van der Waals surface area contributed by atoms with Gasteiger partial charge < -0.3 is 20.0 Å². The van der Waals surface area contributed by atoms with Gasteiger partial charge in [-0.2, -0.15) is 0 Å². The van der Waals surface area contributed by atoms with Crippen molar-refractivity contribution in [3.63, 3.8) is 0 Å². The Labute approximate surface area is 202 Å².